The maximum atomic E-state index is 10.8. The van der Waals surface area contributed by atoms with E-state index in [0.29, 0.717) is 6.54 Å². The molecule has 1 aliphatic rings. The number of carbonyl (C=O) groups excluding carboxylic acids is 1. The lowest BCUT2D eigenvalue weighted by molar-refractivity contribution is -0.119. The van der Waals surface area contributed by atoms with Gasteiger partial charge in [0.25, 0.3) is 0 Å². The minimum absolute atomic E-state index is 0.235. The van der Waals surface area contributed by atoms with Gasteiger partial charge in [-0.1, -0.05) is 0 Å². The second-order valence-corrected chi connectivity index (χ2v) is 5.03. The number of primary amides is 1. The van der Waals surface area contributed by atoms with Gasteiger partial charge in [0.1, 0.15) is 0 Å². The normalized spacial score (nSPS) is 17.7. The monoisotopic (exact) mass is 239 g/mol. The average Bonchev–Trinajstić information content (AvgIpc) is 2.65. The number of rotatable bonds is 3. The van der Waals surface area contributed by atoms with E-state index in [1.54, 1.807) is 11.3 Å². The summed E-state index contributed by atoms with van der Waals surface area (Å²) in [7, 11) is 0. The number of nitrogens with zero attached hydrogens (tertiary/aromatic N) is 2. The van der Waals surface area contributed by atoms with Crippen LogP contribution in [0.25, 0.3) is 0 Å². The van der Waals surface area contributed by atoms with Crippen molar-refractivity contribution in [3.8, 4) is 0 Å². The van der Waals surface area contributed by atoms with Gasteiger partial charge in [0.05, 0.1) is 11.5 Å². The van der Waals surface area contributed by atoms with Gasteiger partial charge in [-0.3, -0.25) is 9.69 Å². The first kappa shape index (κ1) is 11.4. The van der Waals surface area contributed by atoms with E-state index in [9.17, 15) is 4.79 Å². The molecule has 0 atom stereocenters. The molecule has 88 valence electrons. The molecule has 0 spiro atoms. The molecule has 16 heavy (non-hydrogen) atoms. The first-order valence-electron chi connectivity index (χ1n) is 5.46. The van der Waals surface area contributed by atoms with Crippen molar-refractivity contribution in [1.82, 2.24) is 4.90 Å². The standard InChI is InChI=1S/C11H17N3OS/c1-9-2-7-16-11(9)14-5-3-13(4-6-14)8-10(12)15/h2,7H,3-6,8H2,1H3,(H2,12,15). The van der Waals surface area contributed by atoms with Gasteiger partial charge < -0.3 is 10.6 Å². The first-order chi connectivity index (χ1) is 7.66. The minimum atomic E-state index is -0.235. The first-order valence-corrected chi connectivity index (χ1v) is 6.34. The smallest absolute Gasteiger partial charge is 0.231 e. The summed E-state index contributed by atoms with van der Waals surface area (Å²) in [6, 6.07) is 2.15. The Bertz CT molecular complexity index is 369. The highest BCUT2D eigenvalue weighted by atomic mass is 32.1. The van der Waals surface area contributed by atoms with Gasteiger partial charge in [-0.2, -0.15) is 0 Å². The van der Waals surface area contributed by atoms with E-state index in [0.717, 1.165) is 26.2 Å². The zero-order valence-corrected chi connectivity index (χ0v) is 10.3. The van der Waals surface area contributed by atoms with Crippen LogP contribution in [0.3, 0.4) is 0 Å². The molecule has 0 aliphatic carbocycles. The lowest BCUT2D eigenvalue weighted by Crippen LogP contribution is -2.48. The molecular formula is C11H17N3OS. The number of aryl methyl sites for hydroxylation is 1. The average molecular weight is 239 g/mol. The Balaban J connectivity index is 1.90. The Kier molecular flexibility index (Phi) is 3.46. The highest BCUT2D eigenvalue weighted by molar-refractivity contribution is 7.14. The van der Waals surface area contributed by atoms with Crippen LogP contribution in [0.1, 0.15) is 5.56 Å². The highest BCUT2D eigenvalue weighted by Crippen LogP contribution is 2.27. The molecule has 1 fully saturated rings. The molecule has 1 aliphatic heterocycles. The molecule has 5 heteroatoms. The summed E-state index contributed by atoms with van der Waals surface area (Å²) in [6.45, 7) is 6.32. The lowest BCUT2D eigenvalue weighted by atomic mass is 10.3. The number of hydrogen-bond acceptors (Lipinski definition) is 4. The molecule has 2 heterocycles. The number of carbonyl (C=O) groups is 1. The molecule has 0 unspecified atom stereocenters. The second-order valence-electron chi connectivity index (χ2n) is 4.14. The fraction of sp³-hybridized carbons (Fsp3) is 0.545. The van der Waals surface area contributed by atoms with E-state index >= 15 is 0 Å². The van der Waals surface area contributed by atoms with E-state index < -0.39 is 0 Å². The molecule has 0 aromatic carbocycles. The third kappa shape index (κ3) is 2.54. The Hall–Kier alpha value is -1.07. The predicted octanol–water partition coefficient (Wildman–Crippen LogP) is 0.664. The molecule has 0 saturated carbocycles. The summed E-state index contributed by atoms with van der Waals surface area (Å²) in [5.41, 5.74) is 6.53. The van der Waals surface area contributed by atoms with Crippen LogP contribution in [0.5, 0.6) is 0 Å². The van der Waals surface area contributed by atoms with Crippen molar-refractivity contribution >= 4 is 22.2 Å². The van der Waals surface area contributed by atoms with Crippen molar-refractivity contribution in [2.45, 2.75) is 6.92 Å². The molecule has 1 aromatic heterocycles. The summed E-state index contributed by atoms with van der Waals surface area (Å²) in [4.78, 5) is 15.3. The third-order valence-corrected chi connectivity index (χ3v) is 3.95. The van der Waals surface area contributed by atoms with Crippen LogP contribution in [0.2, 0.25) is 0 Å². The Morgan fingerprint density at radius 1 is 1.44 bits per heavy atom. The number of anilines is 1. The van der Waals surface area contributed by atoms with Crippen molar-refractivity contribution in [2.75, 3.05) is 37.6 Å². The molecule has 1 saturated heterocycles. The molecule has 2 rings (SSSR count). The second kappa shape index (κ2) is 4.84. The van der Waals surface area contributed by atoms with E-state index in [1.807, 2.05) is 0 Å². The fourth-order valence-corrected chi connectivity index (χ4v) is 3.00. The zero-order valence-electron chi connectivity index (χ0n) is 9.48. The Labute approximate surface area is 99.6 Å². The van der Waals surface area contributed by atoms with Crippen LogP contribution < -0.4 is 10.6 Å². The van der Waals surface area contributed by atoms with Crippen molar-refractivity contribution in [3.05, 3.63) is 17.0 Å². The van der Waals surface area contributed by atoms with Gasteiger partial charge in [0, 0.05) is 26.2 Å². The van der Waals surface area contributed by atoms with Crippen LogP contribution in [0.15, 0.2) is 11.4 Å². The number of piperazine rings is 1. The van der Waals surface area contributed by atoms with Gasteiger partial charge >= 0.3 is 0 Å². The van der Waals surface area contributed by atoms with Gasteiger partial charge in [-0.05, 0) is 23.9 Å². The Morgan fingerprint density at radius 2 is 2.12 bits per heavy atom. The number of nitrogens with two attached hydrogens (primary N) is 1. The molecule has 0 radical (unpaired) electrons. The van der Waals surface area contributed by atoms with Crippen LogP contribution in [0, 0.1) is 6.92 Å². The van der Waals surface area contributed by atoms with Crippen LogP contribution in [-0.4, -0.2) is 43.5 Å². The third-order valence-electron chi connectivity index (χ3n) is 2.87. The summed E-state index contributed by atoms with van der Waals surface area (Å²) >= 11 is 1.79. The summed E-state index contributed by atoms with van der Waals surface area (Å²) in [5.74, 6) is -0.235. The summed E-state index contributed by atoms with van der Waals surface area (Å²) in [5, 5.41) is 3.49. The predicted molar refractivity (Wildman–Crippen MR) is 66.9 cm³/mol. The van der Waals surface area contributed by atoms with Crippen molar-refractivity contribution < 1.29 is 4.79 Å². The lowest BCUT2D eigenvalue weighted by Gasteiger charge is -2.35. The van der Waals surface area contributed by atoms with E-state index in [2.05, 4.69) is 28.2 Å². The van der Waals surface area contributed by atoms with Crippen LogP contribution in [0.4, 0.5) is 5.00 Å². The SMILES string of the molecule is Cc1ccsc1N1CCN(CC(N)=O)CC1. The van der Waals surface area contributed by atoms with Crippen molar-refractivity contribution in [2.24, 2.45) is 5.73 Å². The fourth-order valence-electron chi connectivity index (χ4n) is 2.02. The molecule has 1 amide bonds. The highest BCUT2D eigenvalue weighted by Gasteiger charge is 2.19. The van der Waals surface area contributed by atoms with Gasteiger partial charge in [-0.25, -0.2) is 0 Å². The maximum Gasteiger partial charge on any atom is 0.231 e. The van der Waals surface area contributed by atoms with Crippen LogP contribution in [-0.2, 0) is 4.79 Å². The molecule has 2 N–H and O–H groups in total. The topological polar surface area (TPSA) is 49.6 Å². The Morgan fingerprint density at radius 3 is 2.62 bits per heavy atom. The molecule has 1 aromatic rings. The minimum Gasteiger partial charge on any atom is -0.369 e. The van der Waals surface area contributed by atoms with Gasteiger partial charge in [0.15, 0.2) is 0 Å². The maximum absolute atomic E-state index is 10.8. The van der Waals surface area contributed by atoms with Crippen molar-refractivity contribution in [1.29, 1.82) is 0 Å². The van der Waals surface area contributed by atoms with Crippen molar-refractivity contribution in [3.63, 3.8) is 0 Å². The van der Waals surface area contributed by atoms with Gasteiger partial charge in [-0.15, -0.1) is 11.3 Å². The molecular weight excluding hydrogens is 222 g/mol. The van der Waals surface area contributed by atoms with E-state index in [-0.39, 0.29) is 5.91 Å². The van der Waals surface area contributed by atoms with Crippen LogP contribution >= 0.6 is 11.3 Å². The van der Waals surface area contributed by atoms with E-state index in [1.165, 1.54) is 10.6 Å². The largest absolute Gasteiger partial charge is 0.369 e. The number of amides is 1. The summed E-state index contributed by atoms with van der Waals surface area (Å²) < 4.78 is 0. The van der Waals surface area contributed by atoms with E-state index in [4.69, 9.17) is 5.73 Å². The number of hydrogen-bond donors (Lipinski definition) is 1. The molecule has 0 bridgehead atoms. The zero-order chi connectivity index (χ0) is 11.5. The number of thiophene rings is 1. The molecule has 4 nitrogen and oxygen atoms in total. The summed E-state index contributed by atoms with van der Waals surface area (Å²) in [6.07, 6.45) is 0. The van der Waals surface area contributed by atoms with Gasteiger partial charge in [0.2, 0.25) is 5.91 Å². The quantitative estimate of drug-likeness (QED) is 0.843.